The molecule has 3 heterocycles. The molecule has 2 amide bonds. The third-order valence-corrected chi connectivity index (χ3v) is 10.5. The molecular formula is C29H46N2O5S. The number of hydrogen-bond donors (Lipinski definition) is 1. The lowest BCUT2D eigenvalue weighted by atomic mass is 9.66. The van der Waals surface area contributed by atoms with Gasteiger partial charge < -0.3 is 19.6 Å². The van der Waals surface area contributed by atoms with Crippen LogP contribution in [-0.2, 0) is 19.1 Å². The summed E-state index contributed by atoms with van der Waals surface area (Å²) in [6.07, 6.45) is 5.27. The van der Waals surface area contributed by atoms with Crippen LogP contribution in [0.15, 0.2) is 25.3 Å². The molecule has 208 valence electrons. The van der Waals surface area contributed by atoms with E-state index in [4.69, 9.17) is 4.74 Å². The van der Waals surface area contributed by atoms with Crippen molar-refractivity contribution in [1.29, 1.82) is 0 Å². The van der Waals surface area contributed by atoms with E-state index in [-0.39, 0.29) is 41.6 Å². The number of nitrogens with zero attached hydrogens (tertiary/aromatic N) is 2. The van der Waals surface area contributed by atoms with Crippen LogP contribution in [0, 0.1) is 23.2 Å². The van der Waals surface area contributed by atoms with Crippen molar-refractivity contribution in [3.63, 3.8) is 0 Å². The molecule has 3 unspecified atom stereocenters. The van der Waals surface area contributed by atoms with Crippen molar-refractivity contribution >= 4 is 29.5 Å². The molecular weight excluding hydrogens is 488 g/mol. The Labute approximate surface area is 227 Å². The largest absolute Gasteiger partial charge is 0.461 e. The minimum Gasteiger partial charge on any atom is -0.461 e. The highest BCUT2D eigenvalue weighted by Crippen LogP contribution is 2.69. The zero-order valence-electron chi connectivity index (χ0n) is 23.7. The summed E-state index contributed by atoms with van der Waals surface area (Å²) in [4.78, 5) is 45.7. The van der Waals surface area contributed by atoms with Crippen molar-refractivity contribution in [3.8, 4) is 0 Å². The second-order valence-corrected chi connectivity index (χ2v) is 14.3. The monoisotopic (exact) mass is 534 g/mol. The lowest BCUT2D eigenvalue weighted by Crippen LogP contribution is -2.62. The highest BCUT2D eigenvalue weighted by molar-refractivity contribution is 8.02. The number of likely N-dealkylation sites (tertiary alicyclic amines) is 1. The molecule has 0 aromatic rings. The lowest BCUT2D eigenvalue weighted by molar-refractivity contribution is -0.154. The quantitative estimate of drug-likeness (QED) is 0.318. The zero-order chi connectivity index (χ0) is 27.9. The molecule has 0 aliphatic carbocycles. The predicted octanol–water partition coefficient (Wildman–Crippen LogP) is 4.05. The van der Waals surface area contributed by atoms with E-state index in [0.717, 1.165) is 12.8 Å². The van der Waals surface area contributed by atoms with Gasteiger partial charge in [0.05, 0.1) is 29.2 Å². The molecule has 37 heavy (non-hydrogen) atoms. The van der Waals surface area contributed by atoms with E-state index in [1.165, 1.54) is 6.08 Å². The van der Waals surface area contributed by atoms with Gasteiger partial charge in [0.25, 0.3) is 0 Å². The van der Waals surface area contributed by atoms with Crippen molar-refractivity contribution in [2.75, 3.05) is 19.8 Å². The van der Waals surface area contributed by atoms with E-state index < -0.39 is 40.2 Å². The molecule has 7 nitrogen and oxygen atoms in total. The first-order chi connectivity index (χ1) is 17.2. The molecule has 0 saturated carbocycles. The van der Waals surface area contributed by atoms with Gasteiger partial charge in [-0.05, 0) is 44.4 Å². The van der Waals surface area contributed by atoms with Crippen molar-refractivity contribution in [1.82, 2.24) is 9.80 Å². The van der Waals surface area contributed by atoms with Crippen LogP contribution in [0.1, 0.15) is 67.7 Å². The Morgan fingerprint density at radius 2 is 1.92 bits per heavy atom. The number of rotatable bonds is 11. The maximum atomic E-state index is 14.7. The van der Waals surface area contributed by atoms with Gasteiger partial charge in [-0.25, -0.2) is 0 Å². The van der Waals surface area contributed by atoms with E-state index in [1.54, 1.807) is 22.7 Å². The minimum absolute atomic E-state index is 0.0277. The molecule has 3 fully saturated rings. The molecule has 0 aromatic heterocycles. The summed E-state index contributed by atoms with van der Waals surface area (Å²) in [5.74, 6) is -1.96. The molecule has 3 rings (SSSR count). The average Bonchev–Trinajstić information content (AvgIpc) is 3.39. The molecule has 1 spiro atoms. The van der Waals surface area contributed by atoms with E-state index in [0.29, 0.717) is 13.0 Å². The lowest BCUT2D eigenvalue weighted by Gasteiger charge is -2.47. The van der Waals surface area contributed by atoms with Crippen LogP contribution in [0.2, 0.25) is 0 Å². The first-order valence-electron chi connectivity index (χ1n) is 13.5. The molecule has 3 saturated heterocycles. The summed E-state index contributed by atoms with van der Waals surface area (Å²) < 4.78 is 4.70. The minimum atomic E-state index is -0.775. The fraction of sp³-hybridized carbons (Fsp3) is 0.759. The number of carbonyl (C=O) groups excluding carboxylic acids is 3. The van der Waals surface area contributed by atoms with Gasteiger partial charge in [0, 0.05) is 17.3 Å². The van der Waals surface area contributed by atoms with Crippen molar-refractivity contribution < 1.29 is 24.2 Å². The fourth-order valence-corrected chi connectivity index (χ4v) is 9.75. The van der Waals surface area contributed by atoms with Gasteiger partial charge >= 0.3 is 5.97 Å². The second-order valence-electron chi connectivity index (χ2n) is 12.7. The van der Waals surface area contributed by atoms with Crippen LogP contribution in [0.3, 0.4) is 0 Å². The number of amides is 2. The highest BCUT2D eigenvalue weighted by Gasteiger charge is 2.77. The van der Waals surface area contributed by atoms with Crippen LogP contribution in [0.4, 0.5) is 0 Å². The van der Waals surface area contributed by atoms with Crippen LogP contribution in [0.25, 0.3) is 0 Å². The number of thioether (sulfide) groups is 1. The van der Waals surface area contributed by atoms with Gasteiger partial charge in [0.15, 0.2) is 0 Å². The summed E-state index contributed by atoms with van der Waals surface area (Å²) in [5, 5.41) is 10.2. The number of carbonyl (C=O) groups is 3. The Balaban J connectivity index is 2.15. The van der Waals surface area contributed by atoms with Gasteiger partial charge in [0.1, 0.15) is 12.6 Å². The normalized spacial score (nSPS) is 31.7. The maximum absolute atomic E-state index is 14.7. The van der Waals surface area contributed by atoms with Gasteiger partial charge in [-0.3, -0.25) is 14.4 Å². The highest BCUT2D eigenvalue weighted by atomic mass is 32.2. The predicted molar refractivity (Wildman–Crippen MR) is 148 cm³/mol. The van der Waals surface area contributed by atoms with Crippen LogP contribution in [-0.4, -0.2) is 80.1 Å². The number of esters is 1. The van der Waals surface area contributed by atoms with Gasteiger partial charge in [-0.15, -0.1) is 18.3 Å². The fourth-order valence-electron chi connectivity index (χ4n) is 7.36. The Hall–Kier alpha value is -1.80. The van der Waals surface area contributed by atoms with E-state index in [1.807, 2.05) is 11.8 Å². The number of aliphatic hydroxyl groups excluding tert-OH is 1. The number of fused-ring (bicyclic) bond motifs is 1. The van der Waals surface area contributed by atoms with Crippen LogP contribution >= 0.6 is 11.8 Å². The first kappa shape index (κ1) is 29.8. The van der Waals surface area contributed by atoms with Crippen LogP contribution in [0.5, 0.6) is 0 Å². The van der Waals surface area contributed by atoms with Gasteiger partial charge in [0.2, 0.25) is 11.8 Å². The molecule has 7 atom stereocenters. The standard InChI is InChI=1S/C29H46N2O5S/c1-10-13-30(28(8,9)17-27(5,6)7)25(34)23-29-18(4)15-20(37-29)21(26(35)36-14-11-2)22(29)24(33)31(23)19(12-3)16-32/h10-11,18-23,32H,1-2,12-17H2,3-9H3/t18?,19-,20+,21-,22-,23?,29?/m0/s1. The number of ether oxygens (including phenoxy) is 1. The Morgan fingerprint density at radius 3 is 2.43 bits per heavy atom. The van der Waals surface area contributed by atoms with Gasteiger partial charge in [-0.2, -0.15) is 0 Å². The zero-order valence-corrected chi connectivity index (χ0v) is 24.5. The average molecular weight is 535 g/mol. The molecule has 1 N–H and O–H groups in total. The number of aliphatic hydroxyl groups is 1. The second kappa shape index (κ2) is 10.8. The molecule has 8 heteroatoms. The summed E-state index contributed by atoms with van der Waals surface area (Å²) in [6.45, 7) is 22.4. The third-order valence-electron chi connectivity index (χ3n) is 8.38. The molecule has 3 aliphatic rings. The summed E-state index contributed by atoms with van der Waals surface area (Å²) in [7, 11) is 0. The topological polar surface area (TPSA) is 87.1 Å². The maximum Gasteiger partial charge on any atom is 0.311 e. The van der Waals surface area contributed by atoms with E-state index >= 15 is 0 Å². The number of hydrogen-bond acceptors (Lipinski definition) is 6. The summed E-state index contributed by atoms with van der Waals surface area (Å²) >= 11 is 1.62. The van der Waals surface area contributed by atoms with Crippen molar-refractivity contribution in [2.24, 2.45) is 23.2 Å². The molecule has 0 aromatic carbocycles. The molecule has 2 bridgehead atoms. The Morgan fingerprint density at radius 1 is 1.27 bits per heavy atom. The van der Waals surface area contributed by atoms with Crippen molar-refractivity contribution in [3.05, 3.63) is 25.3 Å². The van der Waals surface area contributed by atoms with Crippen LogP contribution < -0.4 is 0 Å². The van der Waals surface area contributed by atoms with E-state index in [9.17, 15) is 19.5 Å². The Bertz CT molecular complexity index is 924. The SMILES string of the molecule is C=CCOC(=O)[C@@H]1[C@H]2C(=O)N([C@@H](CC)CO)C(C(=O)N(CC=C)C(C)(C)CC(C)(C)C)C23S[C@@H]1CC3C. The third kappa shape index (κ3) is 5.00. The van der Waals surface area contributed by atoms with E-state index in [2.05, 4.69) is 54.7 Å². The summed E-state index contributed by atoms with van der Waals surface area (Å²) in [5.41, 5.74) is -0.527. The summed E-state index contributed by atoms with van der Waals surface area (Å²) in [6, 6.07) is -1.28. The Kier molecular flexibility index (Phi) is 8.65. The molecule has 3 aliphatic heterocycles. The smallest absolute Gasteiger partial charge is 0.311 e. The van der Waals surface area contributed by atoms with Crippen molar-refractivity contribution in [2.45, 2.75) is 95.3 Å². The first-order valence-corrected chi connectivity index (χ1v) is 14.4. The van der Waals surface area contributed by atoms with Gasteiger partial charge in [-0.1, -0.05) is 53.3 Å². The molecule has 0 radical (unpaired) electrons.